The molecule has 2 heterocycles. The Bertz CT molecular complexity index is 974. The van der Waals surface area contributed by atoms with Crippen molar-refractivity contribution in [3.05, 3.63) is 83.0 Å². The van der Waals surface area contributed by atoms with Crippen LogP contribution in [-0.2, 0) is 11.3 Å². The van der Waals surface area contributed by atoms with E-state index in [1.807, 2.05) is 76.5 Å². The first-order valence-electron chi connectivity index (χ1n) is 9.04. The number of rotatable bonds is 5. The molecule has 1 fully saturated rings. The predicted molar refractivity (Wildman–Crippen MR) is 108 cm³/mol. The maximum absolute atomic E-state index is 12.2. The molecule has 3 aromatic rings. The lowest BCUT2D eigenvalue weighted by molar-refractivity contribution is -0.129. The van der Waals surface area contributed by atoms with Gasteiger partial charge >= 0.3 is 0 Å². The molecule has 4 nitrogen and oxygen atoms in total. The molecule has 0 radical (unpaired) electrons. The van der Waals surface area contributed by atoms with Crippen molar-refractivity contribution in [3.63, 3.8) is 0 Å². The topological polar surface area (TPSA) is 38.1 Å². The highest BCUT2D eigenvalue weighted by molar-refractivity contribution is 6.31. The van der Waals surface area contributed by atoms with Crippen molar-refractivity contribution < 1.29 is 4.79 Å². The van der Waals surface area contributed by atoms with Crippen molar-refractivity contribution in [3.8, 4) is 11.3 Å². The van der Waals surface area contributed by atoms with Gasteiger partial charge in [-0.25, -0.2) is 0 Å². The van der Waals surface area contributed by atoms with Gasteiger partial charge in [0.15, 0.2) is 0 Å². The zero-order valence-corrected chi connectivity index (χ0v) is 15.6. The van der Waals surface area contributed by atoms with E-state index in [0.717, 1.165) is 46.9 Å². The normalized spacial score (nSPS) is 13.7. The minimum Gasteiger partial charge on any atom is -0.339 e. The van der Waals surface area contributed by atoms with Crippen molar-refractivity contribution in [2.45, 2.75) is 13.0 Å². The minimum atomic E-state index is 0.0547. The molecule has 4 rings (SSSR count). The van der Waals surface area contributed by atoms with Crippen LogP contribution in [-0.4, -0.2) is 33.7 Å². The molecule has 0 spiro atoms. The molecule has 1 amide bonds. The van der Waals surface area contributed by atoms with Gasteiger partial charge in [0, 0.05) is 41.5 Å². The smallest absolute Gasteiger partial charge is 0.246 e. The first kappa shape index (κ1) is 17.6. The molecule has 5 heteroatoms. The summed E-state index contributed by atoms with van der Waals surface area (Å²) < 4.78 is 1.87. The van der Waals surface area contributed by atoms with Crippen LogP contribution in [0.5, 0.6) is 0 Å². The Balaban J connectivity index is 1.65. The number of likely N-dealkylation sites (tertiary alicyclic amines) is 1. The number of hydrogen-bond donors (Lipinski definition) is 0. The number of hydrogen-bond acceptors (Lipinski definition) is 2. The largest absolute Gasteiger partial charge is 0.339 e. The van der Waals surface area contributed by atoms with Gasteiger partial charge in [0.2, 0.25) is 5.91 Å². The van der Waals surface area contributed by atoms with Crippen LogP contribution in [0.2, 0.25) is 5.02 Å². The van der Waals surface area contributed by atoms with E-state index in [1.165, 1.54) is 0 Å². The van der Waals surface area contributed by atoms with Crippen molar-refractivity contribution in [1.82, 2.24) is 14.7 Å². The third kappa shape index (κ3) is 3.96. The molecular formula is C22H20ClN3O. The Kier molecular flexibility index (Phi) is 5.07. The van der Waals surface area contributed by atoms with Crippen LogP contribution < -0.4 is 0 Å². The SMILES string of the molecule is O=C(C=Cc1cn(Cc2ccccc2Cl)nc1-c1ccccc1)N1CCC1. The molecule has 0 unspecified atom stereocenters. The maximum atomic E-state index is 12.2. The zero-order valence-electron chi connectivity index (χ0n) is 14.9. The molecule has 136 valence electrons. The highest BCUT2D eigenvalue weighted by atomic mass is 35.5. The summed E-state index contributed by atoms with van der Waals surface area (Å²) in [6, 6.07) is 17.8. The molecule has 1 saturated heterocycles. The van der Waals surface area contributed by atoms with Gasteiger partial charge in [-0.05, 0) is 24.1 Å². The third-order valence-electron chi connectivity index (χ3n) is 4.70. The first-order valence-corrected chi connectivity index (χ1v) is 9.42. The summed E-state index contributed by atoms with van der Waals surface area (Å²) in [5.41, 5.74) is 3.80. The quantitative estimate of drug-likeness (QED) is 0.614. The summed E-state index contributed by atoms with van der Waals surface area (Å²) in [5.74, 6) is 0.0547. The lowest BCUT2D eigenvalue weighted by Crippen LogP contribution is -2.40. The summed E-state index contributed by atoms with van der Waals surface area (Å²) >= 11 is 6.29. The monoisotopic (exact) mass is 377 g/mol. The van der Waals surface area contributed by atoms with Gasteiger partial charge in [0.05, 0.1) is 12.2 Å². The van der Waals surface area contributed by atoms with E-state index >= 15 is 0 Å². The molecule has 0 aliphatic carbocycles. The van der Waals surface area contributed by atoms with Crippen molar-refractivity contribution in [2.75, 3.05) is 13.1 Å². The second kappa shape index (κ2) is 7.80. The Labute approximate surface area is 163 Å². The Morgan fingerprint density at radius 3 is 2.52 bits per heavy atom. The number of halogens is 1. The zero-order chi connectivity index (χ0) is 18.6. The van der Waals surface area contributed by atoms with E-state index in [1.54, 1.807) is 6.08 Å². The van der Waals surface area contributed by atoms with Crippen LogP contribution in [0.25, 0.3) is 17.3 Å². The van der Waals surface area contributed by atoms with Crippen molar-refractivity contribution >= 4 is 23.6 Å². The predicted octanol–water partition coefficient (Wildman–Crippen LogP) is 4.50. The average molecular weight is 378 g/mol. The van der Waals surface area contributed by atoms with E-state index in [4.69, 9.17) is 16.7 Å². The van der Waals surface area contributed by atoms with E-state index < -0.39 is 0 Å². The molecule has 0 bridgehead atoms. The summed E-state index contributed by atoms with van der Waals surface area (Å²) in [6.07, 6.45) is 6.55. The molecule has 27 heavy (non-hydrogen) atoms. The van der Waals surface area contributed by atoms with Gasteiger partial charge in [0.25, 0.3) is 0 Å². The van der Waals surface area contributed by atoms with Gasteiger partial charge in [-0.2, -0.15) is 5.10 Å². The molecule has 0 N–H and O–H groups in total. The van der Waals surface area contributed by atoms with E-state index in [9.17, 15) is 4.79 Å². The number of benzene rings is 2. The fraction of sp³-hybridized carbons (Fsp3) is 0.182. The van der Waals surface area contributed by atoms with Gasteiger partial charge in [0.1, 0.15) is 0 Å². The van der Waals surface area contributed by atoms with E-state index in [-0.39, 0.29) is 5.91 Å². The second-order valence-corrected chi connectivity index (χ2v) is 7.01. The van der Waals surface area contributed by atoms with E-state index in [0.29, 0.717) is 6.54 Å². The lowest BCUT2D eigenvalue weighted by Gasteiger charge is -2.29. The molecular weight excluding hydrogens is 358 g/mol. The van der Waals surface area contributed by atoms with Gasteiger partial charge in [-0.1, -0.05) is 60.1 Å². The number of carbonyl (C=O) groups excluding carboxylic acids is 1. The van der Waals surface area contributed by atoms with Crippen LogP contribution in [0, 0.1) is 0 Å². The Hall–Kier alpha value is -2.85. The lowest BCUT2D eigenvalue weighted by atomic mass is 10.1. The van der Waals surface area contributed by atoms with Gasteiger partial charge in [-0.15, -0.1) is 0 Å². The van der Waals surface area contributed by atoms with Crippen molar-refractivity contribution in [2.24, 2.45) is 0 Å². The van der Waals surface area contributed by atoms with Crippen molar-refractivity contribution in [1.29, 1.82) is 0 Å². The number of carbonyl (C=O) groups is 1. The van der Waals surface area contributed by atoms with Crippen LogP contribution in [0.15, 0.2) is 66.9 Å². The van der Waals surface area contributed by atoms with Crippen LogP contribution in [0.1, 0.15) is 17.5 Å². The summed E-state index contributed by atoms with van der Waals surface area (Å²) in [4.78, 5) is 14.0. The first-order chi connectivity index (χ1) is 13.2. The van der Waals surface area contributed by atoms with E-state index in [2.05, 4.69) is 0 Å². The van der Waals surface area contributed by atoms with Crippen LogP contribution in [0.4, 0.5) is 0 Å². The number of aromatic nitrogens is 2. The molecule has 2 aromatic carbocycles. The number of amides is 1. The molecule has 1 aromatic heterocycles. The highest BCUT2D eigenvalue weighted by Crippen LogP contribution is 2.24. The molecule has 1 aliphatic heterocycles. The Morgan fingerprint density at radius 1 is 1.07 bits per heavy atom. The molecule has 0 atom stereocenters. The standard InChI is InChI=1S/C22H20ClN3O/c23-20-10-5-4-9-18(20)15-26-16-19(11-12-21(27)25-13-6-14-25)22(24-26)17-7-2-1-3-8-17/h1-5,7-12,16H,6,13-15H2. The number of nitrogens with zero attached hydrogens (tertiary/aromatic N) is 3. The summed E-state index contributed by atoms with van der Waals surface area (Å²) in [5, 5.41) is 5.48. The minimum absolute atomic E-state index is 0.0547. The van der Waals surface area contributed by atoms with Gasteiger partial charge < -0.3 is 4.90 Å². The fourth-order valence-corrected chi connectivity index (χ4v) is 3.26. The fourth-order valence-electron chi connectivity index (χ4n) is 3.06. The maximum Gasteiger partial charge on any atom is 0.246 e. The second-order valence-electron chi connectivity index (χ2n) is 6.60. The third-order valence-corrected chi connectivity index (χ3v) is 5.07. The van der Waals surface area contributed by atoms with Crippen LogP contribution >= 0.6 is 11.6 Å². The molecule has 0 saturated carbocycles. The summed E-state index contributed by atoms with van der Waals surface area (Å²) in [7, 11) is 0. The highest BCUT2D eigenvalue weighted by Gasteiger charge is 2.18. The van der Waals surface area contributed by atoms with Crippen LogP contribution in [0.3, 0.4) is 0 Å². The average Bonchev–Trinajstić information content (AvgIpc) is 3.04. The Morgan fingerprint density at radius 2 is 1.81 bits per heavy atom. The molecule has 1 aliphatic rings. The summed E-state index contributed by atoms with van der Waals surface area (Å²) in [6.45, 7) is 2.27. The van der Waals surface area contributed by atoms with Gasteiger partial charge in [-0.3, -0.25) is 9.48 Å².